The first-order valence-electron chi connectivity index (χ1n) is 7.36. The Morgan fingerprint density at radius 2 is 2.29 bits per heavy atom. The quantitative estimate of drug-likeness (QED) is 0.740. The van der Waals surface area contributed by atoms with Crippen molar-refractivity contribution in [2.24, 2.45) is 0 Å². The number of fused-ring (bicyclic) bond motifs is 1. The van der Waals surface area contributed by atoms with Crippen LogP contribution in [0.4, 0.5) is 0 Å². The van der Waals surface area contributed by atoms with Gasteiger partial charge in [-0.1, -0.05) is 5.16 Å². The van der Waals surface area contributed by atoms with Crippen molar-refractivity contribution in [1.29, 1.82) is 0 Å². The topological polar surface area (TPSA) is 53.1 Å². The summed E-state index contributed by atoms with van der Waals surface area (Å²) in [6.07, 6.45) is 3.07. The van der Waals surface area contributed by atoms with Crippen LogP contribution in [0, 0.1) is 0 Å². The summed E-state index contributed by atoms with van der Waals surface area (Å²) >= 11 is 0. The van der Waals surface area contributed by atoms with Crippen LogP contribution in [0.1, 0.15) is 25.1 Å². The van der Waals surface area contributed by atoms with Crippen LogP contribution in [0.5, 0.6) is 0 Å². The predicted octanol–water partition coefficient (Wildman–Crippen LogP) is 3.22. The van der Waals surface area contributed by atoms with E-state index in [1.54, 1.807) is 0 Å². The van der Waals surface area contributed by atoms with Gasteiger partial charge in [0.25, 0.3) is 5.89 Å². The normalized spacial score (nSPS) is 18.6. The van der Waals surface area contributed by atoms with E-state index in [4.69, 9.17) is 9.26 Å². The zero-order chi connectivity index (χ0) is 14.2. The van der Waals surface area contributed by atoms with Crippen molar-refractivity contribution in [3.05, 3.63) is 36.3 Å². The van der Waals surface area contributed by atoms with Crippen LogP contribution >= 0.6 is 0 Å². The molecule has 0 bridgehead atoms. The Bertz CT molecular complexity index is 769. The fourth-order valence-electron chi connectivity index (χ4n) is 2.87. The van der Waals surface area contributed by atoms with E-state index in [0.29, 0.717) is 12.5 Å². The Balaban J connectivity index is 1.69. The minimum absolute atomic E-state index is 0.271. The number of aromatic nitrogens is 3. The molecule has 1 aliphatic heterocycles. The highest BCUT2D eigenvalue weighted by Crippen LogP contribution is 2.27. The molecule has 3 aromatic rings. The van der Waals surface area contributed by atoms with Crippen molar-refractivity contribution in [2.75, 3.05) is 13.2 Å². The van der Waals surface area contributed by atoms with E-state index in [0.717, 1.165) is 31.0 Å². The maximum absolute atomic E-state index is 5.42. The monoisotopic (exact) mass is 283 g/mol. The second kappa shape index (κ2) is 5.00. The molecule has 1 saturated heterocycles. The minimum atomic E-state index is 0.271. The molecular formula is C16H17N3O2. The minimum Gasteiger partial charge on any atom is -0.381 e. The van der Waals surface area contributed by atoms with Gasteiger partial charge in [0, 0.05) is 41.7 Å². The van der Waals surface area contributed by atoms with Gasteiger partial charge < -0.3 is 13.8 Å². The van der Waals surface area contributed by atoms with Crippen LogP contribution in [-0.4, -0.2) is 27.9 Å². The van der Waals surface area contributed by atoms with Crippen LogP contribution < -0.4 is 0 Å². The summed E-state index contributed by atoms with van der Waals surface area (Å²) in [5.74, 6) is 1.61. The summed E-state index contributed by atoms with van der Waals surface area (Å²) in [6.45, 7) is 4.58. The molecule has 5 heteroatoms. The summed E-state index contributed by atoms with van der Waals surface area (Å²) < 4.78 is 13.0. The third kappa shape index (κ3) is 2.14. The molecule has 0 radical (unpaired) electrons. The van der Waals surface area contributed by atoms with Crippen LogP contribution in [0.3, 0.4) is 0 Å². The van der Waals surface area contributed by atoms with Crippen molar-refractivity contribution in [3.63, 3.8) is 0 Å². The van der Waals surface area contributed by atoms with Gasteiger partial charge in [0.1, 0.15) is 0 Å². The van der Waals surface area contributed by atoms with E-state index in [1.165, 1.54) is 10.9 Å². The van der Waals surface area contributed by atoms with Gasteiger partial charge in [-0.05, 0) is 37.6 Å². The summed E-state index contributed by atoms with van der Waals surface area (Å²) in [5.41, 5.74) is 2.19. The molecule has 0 amide bonds. The van der Waals surface area contributed by atoms with E-state index < -0.39 is 0 Å². The smallest absolute Gasteiger partial charge is 0.257 e. The Kier molecular flexibility index (Phi) is 3.00. The molecule has 108 valence electrons. The Hall–Kier alpha value is -2.14. The van der Waals surface area contributed by atoms with Crippen molar-refractivity contribution in [2.45, 2.75) is 25.8 Å². The molecule has 2 aromatic heterocycles. The molecule has 1 atom stereocenters. The largest absolute Gasteiger partial charge is 0.381 e. The molecule has 1 aliphatic rings. The van der Waals surface area contributed by atoms with E-state index in [9.17, 15) is 0 Å². The molecule has 4 rings (SSSR count). The van der Waals surface area contributed by atoms with Gasteiger partial charge in [0.2, 0.25) is 0 Å². The number of aryl methyl sites for hydroxylation is 1. The number of rotatable bonds is 3. The molecule has 0 saturated carbocycles. The number of nitrogens with zero attached hydrogens (tertiary/aromatic N) is 3. The van der Waals surface area contributed by atoms with Crippen LogP contribution in [0.15, 0.2) is 35.0 Å². The van der Waals surface area contributed by atoms with Gasteiger partial charge >= 0.3 is 0 Å². The summed E-state index contributed by atoms with van der Waals surface area (Å²) in [6, 6.07) is 8.36. The SMILES string of the molecule is CCn1ccc2cc(-c3nc([C@@H]4CCOC4)no3)ccc21. The lowest BCUT2D eigenvalue weighted by Gasteiger charge is -2.01. The molecule has 0 spiro atoms. The first-order valence-corrected chi connectivity index (χ1v) is 7.36. The van der Waals surface area contributed by atoms with E-state index in [1.807, 2.05) is 6.07 Å². The first kappa shape index (κ1) is 12.6. The summed E-state index contributed by atoms with van der Waals surface area (Å²) in [5, 5.41) is 5.30. The van der Waals surface area contributed by atoms with E-state index in [-0.39, 0.29) is 5.92 Å². The Morgan fingerprint density at radius 3 is 3.10 bits per heavy atom. The second-order valence-corrected chi connectivity index (χ2v) is 5.39. The van der Waals surface area contributed by atoms with E-state index >= 15 is 0 Å². The van der Waals surface area contributed by atoms with Gasteiger partial charge in [-0.2, -0.15) is 4.98 Å². The maximum Gasteiger partial charge on any atom is 0.257 e. The van der Waals surface area contributed by atoms with E-state index in [2.05, 4.69) is 46.0 Å². The number of ether oxygens (including phenoxy) is 1. The lowest BCUT2D eigenvalue weighted by Crippen LogP contribution is -1.99. The fourth-order valence-corrected chi connectivity index (χ4v) is 2.87. The van der Waals surface area contributed by atoms with Crippen LogP contribution in [0.2, 0.25) is 0 Å². The van der Waals surface area contributed by atoms with Crippen LogP contribution in [-0.2, 0) is 11.3 Å². The molecule has 1 fully saturated rings. The highest BCUT2D eigenvalue weighted by Gasteiger charge is 2.23. The Morgan fingerprint density at radius 1 is 1.33 bits per heavy atom. The van der Waals surface area contributed by atoms with Crippen LogP contribution in [0.25, 0.3) is 22.4 Å². The fraction of sp³-hybridized carbons (Fsp3) is 0.375. The highest BCUT2D eigenvalue weighted by molar-refractivity contribution is 5.84. The average molecular weight is 283 g/mol. The highest BCUT2D eigenvalue weighted by atomic mass is 16.5. The van der Waals surface area contributed by atoms with Gasteiger partial charge in [-0.15, -0.1) is 0 Å². The zero-order valence-corrected chi connectivity index (χ0v) is 12.0. The standard InChI is InChI=1S/C16H17N3O2/c1-2-19-7-5-11-9-12(3-4-14(11)19)16-17-15(18-21-16)13-6-8-20-10-13/h3-5,7,9,13H,2,6,8,10H2,1H3/t13-/m1/s1. The number of hydrogen-bond donors (Lipinski definition) is 0. The van der Waals surface area contributed by atoms with Gasteiger partial charge in [-0.3, -0.25) is 0 Å². The molecule has 5 nitrogen and oxygen atoms in total. The van der Waals surface area contributed by atoms with Gasteiger partial charge in [0.15, 0.2) is 5.82 Å². The maximum atomic E-state index is 5.42. The molecule has 0 N–H and O–H groups in total. The zero-order valence-electron chi connectivity index (χ0n) is 12.0. The van der Waals surface area contributed by atoms with Gasteiger partial charge in [-0.25, -0.2) is 0 Å². The molecule has 3 heterocycles. The number of benzene rings is 1. The molecular weight excluding hydrogens is 266 g/mol. The molecule has 0 aliphatic carbocycles. The van der Waals surface area contributed by atoms with Crippen molar-refractivity contribution in [1.82, 2.24) is 14.7 Å². The average Bonchev–Trinajstić information content (AvgIpc) is 3.25. The van der Waals surface area contributed by atoms with Crippen molar-refractivity contribution < 1.29 is 9.26 Å². The third-order valence-electron chi connectivity index (χ3n) is 4.10. The first-order chi connectivity index (χ1) is 10.3. The molecule has 0 unspecified atom stereocenters. The summed E-state index contributed by atoms with van der Waals surface area (Å²) in [4.78, 5) is 4.53. The van der Waals surface area contributed by atoms with Crippen molar-refractivity contribution in [3.8, 4) is 11.5 Å². The lowest BCUT2D eigenvalue weighted by molar-refractivity contribution is 0.192. The Labute approximate surface area is 122 Å². The second-order valence-electron chi connectivity index (χ2n) is 5.39. The van der Waals surface area contributed by atoms with Crippen molar-refractivity contribution >= 4 is 10.9 Å². The number of hydrogen-bond acceptors (Lipinski definition) is 4. The third-order valence-corrected chi connectivity index (χ3v) is 4.10. The molecule has 1 aromatic carbocycles. The predicted molar refractivity (Wildman–Crippen MR) is 79.1 cm³/mol. The van der Waals surface area contributed by atoms with Gasteiger partial charge in [0.05, 0.1) is 6.61 Å². The molecule has 21 heavy (non-hydrogen) atoms. The summed E-state index contributed by atoms with van der Waals surface area (Å²) in [7, 11) is 0. The lowest BCUT2D eigenvalue weighted by atomic mass is 10.1.